The van der Waals surface area contributed by atoms with Gasteiger partial charge in [-0.15, -0.1) is 0 Å². The van der Waals surface area contributed by atoms with E-state index in [2.05, 4.69) is 0 Å². The van der Waals surface area contributed by atoms with Crippen molar-refractivity contribution in [3.63, 3.8) is 0 Å². The number of likely N-dealkylation sites (tertiary alicyclic amines) is 1. The molecule has 4 nitrogen and oxygen atoms in total. The number of hydrogen-bond donors (Lipinski definition) is 1. The van der Waals surface area contributed by atoms with Crippen LogP contribution in [0.3, 0.4) is 0 Å². The van der Waals surface area contributed by atoms with Crippen LogP contribution >= 0.6 is 0 Å². The van der Waals surface area contributed by atoms with Crippen LogP contribution < -0.4 is 5.73 Å². The van der Waals surface area contributed by atoms with Gasteiger partial charge in [0, 0.05) is 19.6 Å². The molecule has 1 heterocycles. The van der Waals surface area contributed by atoms with E-state index in [4.69, 9.17) is 10.5 Å². The van der Waals surface area contributed by atoms with Crippen LogP contribution in [-0.2, 0) is 9.53 Å². The predicted octanol–water partition coefficient (Wildman–Crippen LogP) is 0.763. The molecule has 2 N–H and O–H groups in total. The van der Waals surface area contributed by atoms with Crippen LogP contribution in [0.5, 0.6) is 0 Å². The maximum Gasteiger partial charge on any atom is 0.391 e. The maximum absolute atomic E-state index is 12.4. The minimum Gasteiger partial charge on any atom is -0.370 e. The molecule has 0 aromatic rings. The Morgan fingerprint density at radius 1 is 1.35 bits per heavy atom. The molecule has 0 spiro atoms. The summed E-state index contributed by atoms with van der Waals surface area (Å²) in [6.07, 6.45) is -4.19. The van der Waals surface area contributed by atoms with Gasteiger partial charge >= 0.3 is 6.18 Å². The van der Waals surface area contributed by atoms with Crippen LogP contribution in [0.1, 0.15) is 12.8 Å². The lowest BCUT2D eigenvalue weighted by Crippen LogP contribution is -2.43. The van der Waals surface area contributed by atoms with Crippen molar-refractivity contribution in [2.24, 2.45) is 11.7 Å². The van der Waals surface area contributed by atoms with Crippen LogP contribution in [0.2, 0.25) is 0 Å². The van der Waals surface area contributed by atoms with E-state index >= 15 is 0 Å². The third-order valence-electron chi connectivity index (χ3n) is 2.80. The summed E-state index contributed by atoms with van der Waals surface area (Å²) in [5.41, 5.74) is 5.18. The van der Waals surface area contributed by atoms with Gasteiger partial charge in [-0.3, -0.25) is 4.79 Å². The van der Waals surface area contributed by atoms with Gasteiger partial charge in [0.25, 0.3) is 0 Å². The quantitative estimate of drug-likeness (QED) is 0.754. The number of nitrogens with zero attached hydrogens (tertiary/aromatic N) is 1. The summed E-state index contributed by atoms with van der Waals surface area (Å²) in [5.74, 6) is -1.55. The number of alkyl halides is 3. The zero-order valence-corrected chi connectivity index (χ0v) is 9.50. The normalized spacial score (nSPS) is 18.5. The van der Waals surface area contributed by atoms with Crippen LogP contribution in [0.15, 0.2) is 0 Å². The van der Waals surface area contributed by atoms with Crippen molar-refractivity contribution in [2.75, 3.05) is 32.8 Å². The van der Waals surface area contributed by atoms with Crippen molar-refractivity contribution in [1.82, 2.24) is 4.90 Å². The van der Waals surface area contributed by atoms with Gasteiger partial charge in [0.05, 0.1) is 12.5 Å². The molecule has 0 atom stereocenters. The lowest BCUT2D eigenvalue weighted by atomic mass is 9.96. The number of halogens is 3. The molecule has 0 unspecified atom stereocenters. The number of amides is 1. The van der Waals surface area contributed by atoms with Gasteiger partial charge < -0.3 is 15.4 Å². The van der Waals surface area contributed by atoms with Crippen molar-refractivity contribution in [3.8, 4) is 0 Å². The molecule has 1 rings (SSSR count). The minimum atomic E-state index is -4.15. The van der Waals surface area contributed by atoms with Crippen molar-refractivity contribution < 1.29 is 22.7 Å². The summed E-state index contributed by atoms with van der Waals surface area (Å²) in [6, 6.07) is 0. The Morgan fingerprint density at radius 2 is 1.94 bits per heavy atom. The van der Waals surface area contributed by atoms with Gasteiger partial charge in [0.2, 0.25) is 5.91 Å². The van der Waals surface area contributed by atoms with Gasteiger partial charge in [-0.2, -0.15) is 13.2 Å². The number of hydrogen-bond acceptors (Lipinski definition) is 3. The summed E-state index contributed by atoms with van der Waals surface area (Å²) in [5, 5.41) is 0. The van der Waals surface area contributed by atoms with E-state index in [1.807, 2.05) is 0 Å². The van der Waals surface area contributed by atoms with Gasteiger partial charge in [-0.25, -0.2) is 0 Å². The summed E-state index contributed by atoms with van der Waals surface area (Å²) in [4.78, 5) is 12.9. The van der Waals surface area contributed by atoms with Gasteiger partial charge in [0.15, 0.2) is 0 Å². The molecule has 0 aliphatic carbocycles. The average molecular weight is 254 g/mol. The fraction of sp³-hybridized carbons (Fsp3) is 0.900. The monoisotopic (exact) mass is 254 g/mol. The zero-order chi connectivity index (χ0) is 12.9. The van der Waals surface area contributed by atoms with Gasteiger partial charge in [0.1, 0.15) is 6.61 Å². The molecule has 100 valence electrons. The first-order valence-electron chi connectivity index (χ1n) is 5.57. The molecule has 1 aliphatic rings. The number of piperidine rings is 1. The van der Waals surface area contributed by atoms with E-state index < -0.39 is 12.1 Å². The van der Waals surface area contributed by atoms with Gasteiger partial charge in [-0.05, 0) is 12.8 Å². The molecule has 0 radical (unpaired) electrons. The molecule has 0 bridgehead atoms. The Morgan fingerprint density at radius 3 is 2.41 bits per heavy atom. The summed E-state index contributed by atoms with van der Waals surface area (Å²) in [6.45, 7) is 0.798. The summed E-state index contributed by atoms with van der Waals surface area (Å²) in [7, 11) is 0. The SMILES string of the molecule is NCCOCC(=O)N1CCC(C(F)(F)F)CC1. The third kappa shape index (κ3) is 4.51. The summed E-state index contributed by atoms with van der Waals surface area (Å²) >= 11 is 0. The Hall–Kier alpha value is -0.820. The van der Waals surface area contributed by atoms with E-state index in [9.17, 15) is 18.0 Å². The number of ether oxygens (including phenoxy) is 1. The highest BCUT2D eigenvalue weighted by Gasteiger charge is 2.41. The second-order valence-electron chi connectivity index (χ2n) is 4.04. The maximum atomic E-state index is 12.4. The van der Waals surface area contributed by atoms with Crippen molar-refractivity contribution in [1.29, 1.82) is 0 Å². The predicted molar refractivity (Wildman–Crippen MR) is 55.2 cm³/mol. The zero-order valence-electron chi connectivity index (χ0n) is 9.50. The number of carbonyl (C=O) groups excluding carboxylic acids is 1. The highest BCUT2D eigenvalue weighted by molar-refractivity contribution is 5.77. The van der Waals surface area contributed by atoms with Crippen LogP contribution in [0.25, 0.3) is 0 Å². The Labute approximate surface area is 97.9 Å². The van der Waals surface area contributed by atoms with Crippen molar-refractivity contribution in [3.05, 3.63) is 0 Å². The molecule has 0 saturated carbocycles. The fourth-order valence-electron chi connectivity index (χ4n) is 1.79. The molecular formula is C10H17F3N2O2. The lowest BCUT2D eigenvalue weighted by Gasteiger charge is -2.32. The first-order valence-corrected chi connectivity index (χ1v) is 5.57. The highest BCUT2D eigenvalue weighted by Crippen LogP contribution is 2.33. The molecule has 1 fully saturated rings. The lowest BCUT2D eigenvalue weighted by molar-refractivity contribution is -0.186. The second kappa shape index (κ2) is 6.20. The van der Waals surface area contributed by atoms with E-state index in [0.29, 0.717) is 6.54 Å². The molecule has 7 heteroatoms. The van der Waals surface area contributed by atoms with E-state index in [1.165, 1.54) is 4.90 Å². The number of carbonyl (C=O) groups is 1. The van der Waals surface area contributed by atoms with Crippen LogP contribution in [0, 0.1) is 5.92 Å². The molecule has 17 heavy (non-hydrogen) atoms. The molecular weight excluding hydrogens is 237 g/mol. The second-order valence-corrected chi connectivity index (χ2v) is 4.04. The molecule has 1 saturated heterocycles. The molecule has 1 amide bonds. The topological polar surface area (TPSA) is 55.6 Å². The smallest absolute Gasteiger partial charge is 0.370 e. The first-order chi connectivity index (χ1) is 7.95. The Bertz CT molecular complexity index is 250. The highest BCUT2D eigenvalue weighted by atomic mass is 19.4. The van der Waals surface area contributed by atoms with Crippen molar-refractivity contribution >= 4 is 5.91 Å². The van der Waals surface area contributed by atoms with Gasteiger partial charge in [-0.1, -0.05) is 0 Å². The standard InChI is InChI=1S/C10H17F3N2O2/c11-10(12,13)8-1-4-15(5-2-8)9(16)7-17-6-3-14/h8H,1-7,14H2. The van der Waals surface area contributed by atoms with Crippen LogP contribution in [-0.4, -0.2) is 49.8 Å². The van der Waals surface area contributed by atoms with Crippen LogP contribution in [0.4, 0.5) is 13.2 Å². The minimum absolute atomic E-state index is 0.0217. The first kappa shape index (κ1) is 14.2. The summed E-state index contributed by atoms with van der Waals surface area (Å²) < 4.78 is 42.1. The Balaban J connectivity index is 2.29. The van der Waals surface area contributed by atoms with E-state index in [0.717, 1.165) is 0 Å². The molecule has 1 aliphatic heterocycles. The number of nitrogens with two attached hydrogens (primary N) is 1. The number of rotatable bonds is 4. The average Bonchev–Trinajstić information content (AvgIpc) is 2.28. The molecule has 0 aromatic heterocycles. The molecule has 0 aromatic carbocycles. The van der Waals surface area contributed by atoms with E-state index in [1.54, 1.807) is 0 Å². The largest absolute Gasteiger partial charge is 0.391 e. The van der Waals surface area contributed by atoms with E-state index in [-0.39, 0.29) is 45.1 Å². The fourth-order valence-corrected chi connectivity index (χ4v) is 1.79. The third-order valence-corrected chi connectivity index (χ3v) is 2.80. The van der Waals surface area contributed by atoms with Crippen molar-refractivity contribution in [2.45, 2.75) is 19.0 Å². The Kier molecular flexibility index (Phi) is 5.20.